The fraction of sp³-hybridized carbons (Fsp3) is 0.0455. The molecule has 0 spiro atoms. The Bertz CT molecular complexity index is 954. The van der Waals surface area contributed by atoms with E-state index in [2.05, 4.69) is 12.1 Å². The Labute approximate surface area is 146 Å². The van der Waals surface area contributed by atoms with Crippen molar-refractivity contribution in [1.29, 1.82) is 0 Å². The molecule has 0 fully saturated rings. The number of ether oxygens (including phenoxy) is 2. The smallest absolute Gasteiger partial charge is 0.231 e. The summed E-state index contributed by atoms with van der Waals surface area (Å²) in [6.45, 7) is 0. The lowest BCUT2D eigenvalue weighted by Crippen LogP contribution is -1.97. The Balaban J connectivity index is 1.60. The van der Waals surface area contributed by atoms with Crippen LogP contribution in [-0.4, -0.2) is 12.9 Å². The van der Waals surface area contributed by atoms with Gasteiger partial charge in [-0.25, -0.2) is 0 Å². The number of fused-ring (bicyclic) bond motifs is 1. The Morgan fingerprint density at radius 3 is 2.32 bits per heavy atom. The molecule has 1 aliphatic heterocycles. The lowest BCUT2D eigenvalue weighted by Gasteiger charge is -2.03. The van der Waals surface area contributed by atoms with Crippen LogP contribution in [-0.2, 0) is 0 Å². The normalized spacial score (nSPS) is 14.3. The third-order valence-corrected chi connectivity index (χ3v) is 4.19. The fourth-order valence-corrected chi connectivity index (χ4v) is 2.85. The number of rotatable bonds is 3. The molecule has 4 rings (SSSR count). The number of hydrogen-bond donors (Lipinski definition) is 0. The van der Waals surface area contributed by atoms with Crippen molar-refractivity contribution in [3.8, 4) is 22.6 Å². The van der Waals surface area contributed by atoms with Crippen LogP contribution in [0.15, 0.2) is 78.6 Å². The van der Waals surface area contributed by atoms with Gasteiger partial charge < -0.3 is 9.47 Å². The number of allylic oxidation sites excluding steroid dienone is 1. The predicted molar refractivity (Wildman–Crippen MR) is 97.8 cm³/mol. The van der Waals surface area contributed by atoms with Gasteiger partial charge in [-0.2, -0.15) is 0 Å². The number of hydrogen-bond acceptors (Lipinski definition) is 3. The van der Waals surface area contributed by atoms with Crippen LogP contribution in [0.1, 0.15) is 15.9 Å². The molecule has 25 heavy (non-hydrogen) atoms. The second-order valence-corrected chi connectivity index (χ2v) is 5.79. The quantitative estimate of drug-likeness (QED) is 0.636. The average molecular weight is 328 g/mol. The van der Waals surface area contributed by atoms with E-state index in [1.54, 1.807) is 31.4 Å². The highest BCUT2D eigenvalue weighted by Gasteiger charge is 2.27. The van der Waals surface area contributed by atoms with E-state index in [4.69, 9.17) is 9.47 Å². The van der Waals surface area contributed by atoms with Crippen LogP contribution in [0.25, 0.3) is 17.2 Å². The maximum absolute atomic E-state index is 12.5. The van der Waals surface area contributed by atoms with Gasteiger partial charge in [0.05, 0.1) is 12.7 Å². The molecule has 0 aliphatic carbocycles. The van der Waals surface area contributed by atoms with Crippen molar-refractivity contribution in [2.75, 3.05) is 7.11 Å². The summed E-state index contributed by atoms with van der Waals surface area (Å²) in [6.07, 6.45) is 1.77. The molecule has 0 saturated carbocycles. The third kappa shape index (κ3) is 2.92. The molecule has 0 saturated heterocycles. The molecule has 0 N–H and O–H groups in total. The molecule has 1 aliphatic rings. The minimum Gasteiger partial charge on any atom is -0.497 e. The number of carbonyl (C=O) groups excluding carboxylic acids is 1. The average Bonchev–Trinajstić information content (AvgIpc) is 2.98. The van der Waals surface area contributed by atoms with E-state index in [-0.39, 0.29) is 5.78 Å². The zero-order chi connectivity index (χ0) is 17.2. The Morgan fingerprint density at radius 2 is 1.60 bits per heavy atom. The third-order valence-electron chi connectivity index (χ3n) is 4.19. The highest BCUT2D eigenvalue weighted by atomic mass is 16.5. The number of methoxy groups -OCH3 is 1. The van der Waals surface area contributed by atoms with Crippen molar-refractivity contribution < 1.29 is 14.3 Å². The molecule has 122 valence electrons. The summed E-state index contributed by atoms with van der Waals surface area (Å²) >= 11 is 0. The van der Waals surface area contributed by atoms with Crippen molar-refractivity contribution in [3.05, 3.63) is 89.7 Å². The van der Waals surface area contributed by atoms with Crippen molar-refractivity contribution in [3.63, 3.8) is 0 Å². The van der Waals surface area contributed by atoms with Gasteiger partial charge >= 0.3 is 0 Å². The molecule has 0 radical (unpaired) electrons. The molecule has 3 heteroatoms. The van der Waals surface area contributed by atoms with Gasteiger partial charge in [0.25, 0.3) is 0 Å². The minimum atomic E-state index is -0.107. The van der Waals surface area contributed by atoms with Crippen LogP contribution < -0.4 is 9.47 Å². The first kappa shape index (κ1) is 15.2. The molecule has 0 bridgehead atoms. The zero-order valence-electron chi connectivity index (χ0n) is 13.7. The monoisotopic (exact) mass is 328 g/mol. The molecule has 0 atom stereocenters. The highest BCUT2D eigenvalue weighted by Crippen LogP contribution is 2.34. The molecule has 0 unspecified atom stereocenters. The number of benzene rings is 3. The Hall–Kier alpha value is -3.33. The number of Topliss-reactive ketones (excluding diaryl/α,β-unsaturated/α-hetero) is 1. The fourth-order valence-electron chi connectivity index (χ4n) is 2.85. The van der Waals surface area contributed by atoms with Crippen LogP contribution in [0.2, 0.25) is 0 Å². The molecule has 1 heterocycles. The van der Waals surface area contributed by atoms with E-state index < -0.39 is 0 Å². The second kappa shape index (κ2) is 6.29. The van der Waals surface area contributed by atoms with E-state index in [1.807, 2.05) is 42.5 Å². The molecule has 0 amide bonds. The van der Waals surface area contributed by atoms with Crippen molar-refractivity contribution >= 4 is 11.9 Å². The molecule has 3 nitrogen and oxygen atoms in total. The summed E-state index contributed by atoms with van der Waals surface area (Å²) in [6, 6.07) is 23.4. The van der Waals surface area contributed by atoms with Gasteiger partial charge in [-0.3, -0.25) is 4.79 Å². The topological polar surface area (TPSA) is 35.5 Å². The van der Waals surface area contributed by atoms with Gasteiger partial charge in [0.2, 0.25) is 5.78 Å². The molecular formula is C22H16O3. The summed E-state index contributed by atoms with van der Waals surface area (Å²) in [7, 11) is 1.59. The maximum atomic E-state index is 12.5. The van der Waals surface area contributed by atoms with Gasteiger partial charge in [0.15, 0.2) is 5.76 Å². The Morgan fingerprint density at radius 1 is 0.880 bits per heavy atom. The van der Waals surface area contributed by atoms with Crippen molar-refractivity contribution in [2.24, 2.45) is 0 Å². The van der Waals surface area contributed by atoms with Gasteiger partial charge in [-0.15, -0.1) is 0 Å². The maximum Gasteiger partial charge on any atom is 0.231 e. The lowest BCUT2D eigenvalue weighted by atomic mass is 10.0. The Kier molecular flexibility index (Phi) is 3.82. The largest absolute Gasteiger partial charge is 0.497 e. The highest BCUT2D eigenvalue weighted by molar-refractivity contribution is 6.14. The molecule has 3 aromatic carbocycles. The first-order valence-electron chi connectivity index (χ1n) is 8.02. The van der Waals surface area contributed by atoms with Gasteiger partial charge in [0, 0.05) is 6.07 Å². The zero-order valence-corrected chi connectivity index (χ0v) is 13.7. The first-order chi connectivity index (χ1) is 12.2. The standard InChI is InChI=1S/C22H16O3/c1-24-18-11-12-19-20(14-18)25-21(22(19)23)13-15-7-9-17(10-8-15)16-5-3-2-4-6-16/h2-14H,1H3/b21-13+. The summed E-state index contributed by atoms with van der Waals surface area (Å²) < 4.78 is 10.9. The first-order valence-corrected chi connectivity index (χ1v) is 8.02. The van der Waals surface area contributed by atoms with Crippen molar-refractivity contribution in [1.82, 2.24) is 0 Å². The van der Waals surface area contributed by atoms with E-state index >= 15 is 0 Å². The summed E-state index contributed by atoms with van der Waals surface area (Å²) in [5.41, 5.74) is 3.78. The summed E-state index contributed by atoms with van der Waals surface area (Å²) in [5.74, 6) is 1.43. The molecular weight excluding hydrogens is 312 g/mol. The van der Waals surface area contributed by atoms with Crippen LogP contribution in [0.3, 0.4) is 0 Å². The summed E-state index contributed by atoms with van der Waals surface area (Å²) in [4.78, 5) is 12.5. The predicted octanol–water partition coefficient (Wildman–Crippen LogP) is 4.98. The molecule has 0 aromatic heterocycles. The molecule has 3 aromatic rings. The van der Waals surface area contributed by atoms with E-state index in [0.717, 1.165) is 16.7 Å². The SMILES string of the molecule is COc1ccc2c(c1)O/C(=C/c1ccc(-c3ccccc3)cc1)C2=O. The number of ketones is 1. The van der Waals surface area contributed by atoms with E-state index in [1.165, 1.54) is 0 Å². The van der Waals surface area contributed by atoms with Gasteiger partial charge in [0.1, 0.15) is 11.5 Å². The van der Waals surface area contributed by atoms with E-state index in [0.29, 0.717) is 22.8 Å². The van der Waals surface area contributed by atoms with Crippen LogP contribution in [0.5, 0.6) is 11.5 Å². The van der Waals surface area contributed by atoms with Crippen LogP contribution >= 0.6 is 0 Å². The van der Waals surface area contributed by atoms with Gasteiger partial charge in [-0.1, -0.05) is 54.6 Å². The number of carbonyl (C=O) groups is 1. The van der Waals surface area contributed by atoms with Gasteiger partial charge in [-0.05, 0) is 34.9 Å². The lowest BCUT2D eigenvalue weighted by molar-refractivity contribution is 0.101. The van der Waals surface area contributed by atoms with E-state index in [9.17, 15) is 4.79 Å². The van der Waals surface area contributed by atoms with Crippen molar-refractivity contribution in [2.45, 2.75) is 0 Å². The minimum absolute atomic E-state index is 0.107. The summed E-state index contributed by atoms with van der Waals surface area (Å²) in [5, 5.41) is 0. The second-order valence-electron chi connectivity index (χ2n) is 5.79. The van der Waals surface area contributed by atoms with Crippen LogP contribution in [0.4, 0.5) is 0 Å². The van der Waals surface area contributed by atoms with Crippen LogP contribution in [0, 0.1) is 0 Å².